The van der Waals surface area contributed by atoms with Crippen molar-refractivity contribution in [1.29, 1.82) is 0 Å². The Kier molecular flexibility index (Phi) is 8.47. The topological polar surface area (TPSA) is 89.1 Å². The van der Waals surface area contributed by atoms with Gasteiger partial charge >= 0.3 is 0 Å². The van der Waals surface area contributed by atoms with Gasteiger partial charge in [0.15, 0.2) is 5.43 Å². The maximum atomic E-state index is 12.2. The standard InChI is InChI=1S/C21H32O6/c1-13(12-14(2)22)17(25-6)8-10-21(5,24)11-9-18-15(3)19(23)16(4)20(26-7)27-18/h9,11-12,14,17,22,24H,8,10H2,1-7H3/b11-9+,13-12+. The lowest BCUT2D eigenvalue weighted by Crippen LogP contribution is -2.25. The van der Waals surface area contributed by atoms with Crippen LogP contribution in [0.2, 0.25) is 0 Å². The summed E-state index contributed by atoms with van der Waals surface area (Å²) in [6.45, 7) is 8.58. The molecule has 0 fully saturated rings. The summed E-state index contributed by atoms with van der Waals surface area (Å²) in [5, 5.41) is 20.1. The molecule has 0 bridgehead atoms. The average Bonchev–Trinajstić information content (AvgIpc) is 2.59. The first kappa shape index (κ1) is 23.1. The van der Waals surface area contributed by atoms with E-state index < -0.39 is 11.7 Å². The second-order valence-electron chi connectivity index (χ2n) is 7.14. The summed E-state index contributed by atoms with van der Waals surface area (Å²) in [5.74, 6) is 0.527. The van der Waals surface area contributed by atoms with Gasteiger partial charge in [0.05, 0.1) is 30.5 Å². The lowest BCUT2D eigenvalue weighted by atomic mass is 9.94. The van der Waals surface area contributed by atoms with E-state index in [1.807, 2.05) is 6.92 Å². The van der Waals surface area contributed by atoms with Crippen LogP contribution in [0.25, 0.3) is 6.08 Å². The molecule has 1 rings (SSSR count). The first-order valence-corrected chi connectivity index (χ1v) is 9.01. The molecule has 1 heterocycles. The SMILES string of the molecule is COc1oc(/C=C/C(C)(O)CCC(OC)/C(C)=C/C(C)O)c(C)c(=O)c1C. The van der Waals surface area contributed by atoms with Crippen molar-refractivity contribution in [2.75, 3.05) is 14.2 Å². The van der Waals surface area contributed by atoms with Gasteiger partial charge in [-0.05, 0) is 65.2 Å². The Hall–Kier alpha value is -1.89. The maximum absolute atomic E-state index is 12.2. The van der Waals surface area contributed by atoms with E-state index in [1.54, 1.807) is 53.0 Å². The van der Waals surface area contributed by atoms with Crippen LogP contribution < -0.4 is 10.2 Å². The Morgan fingerprint density at radius 2 is 1.93 bits per heavy atom. The first-order chi connectivity index (χ1) is 12.5. The molecule has 0 aliphatic heterocycles. The molecule has 1 aromatic heterocycles. The fourth-order valence-corrected chi connectivity index (χ4v) is 2.87. The smallest absolute Gasteiger partial charge is 0.291 e. The van der Waals surface area contributed by atoms with E-state index in [1.165, 1.54) is 7.11 Å². The fourth-order valence-electron chi connectivity index (χ4n) is 2.87. The van der Waals surface area contributed by atoms with Crippen LogP contribution >= 0.6 is 0 Å². The molecule has 6 heteroatoms. The summed E-state index contributed by atoms with van der Waals surface area (Å²) in [6, 6.07) is 0. The van der Waals surface area contributed by atoms with Crippen molar-refractivity contribution >= 4 is 6.08 Å². The van der Waals surface area contributed by atoms with E-state index in [2.05, 4.69) is 0 Å². The number of aliphatic hydroxyl groups is 2. The quantitative estimate of drug-likeness (QED) is 0.640. The van der Waals surface area contributed by atoms with E-state index in [0.29, 0.717) is 29.7 Å². The van der Waals surface area contributed by atoms with Crippen LogP contribution in [0.1, 0.15) is 50.5 Å². The lowest BCUT2D eigenvalue weighted by molar-refractivity contribution is 0.0651. The maximum Gasteiger partial charge on any atom is 0.291 e. The molecule has 2 N–H and O–H groups in total. The highest BCUT2D eigenvalue weighted by molar-refractivity contribution is 5.50. The van der Waals surface area contributed by atoms with Crippen molar-refractivity contribution in [3.05, 3.63) is 44.8 Å². The van der Waals surface area contributed by atoms with Crippen molar-refractivity contribution in [2.45, 2.75) is 65.3 Å². The Labute approximate surface area is 161 Å². The summed E-state index contributed by atoms with van der Waals surface area (Å²) in [4.78, 5) is 12.2. The van der Waals surface area contributed by atoms with E-state index in [4.69, 9.17) is 13.9 Å². The van der Waals surface area contributed by atoms with Crippen molar-refractivity contribution in [3.63, 3.8) is 0 Å². The minimum absolute atomic E-state index is 0.143. The van der Waals surface area contributed by atoms with Crippen molar-refractivity contribution in [1.82, 2.24) is 0 Å². The molecule has 0 radical (unpaired) electrons. The van der Waals surface area contributed by atoms with Crippen LogP contribution in [0.4, 0.5) is 0 Å². The van der Waals surface area contributed by atoms with Gasteiger partial charge in [-0.15, -0.1) is 0 Å². The minimum Gasteiger partial charge on any atom is -0.468 e. The zero-order chi connectivity index (χ0) is 20.8. The summed E-state index contributed by atoms with van der Waals surface area (Å²) in [5.41, 5.74) is 0.534. The highest BCUT2D eigenvalue weighted by Gasteiger charge is 2.21. The zero-order valence-corrected chi connectivity index (χ0v) is 17.3. The van der Waals surface area contributed by atoms with Crippen LogP contribution in [-0.4, -0.2) is 42.2 Å². The first-order valence-electron chi connectivity index (χ1n) is 9.01. The molecule has 3 atom stereocenters. The molecule has 0 saturated heterocycles. The van der Waals surface area contributed by atoms with Gasteiger partial charge in [-0.1, -0.05) is 6.08 Å². The van der Waals surface area contributed by atoms with E-state index >= 15 is 0 Å². The number of methoxy groups -OCH3 is 2. The number of rotatable bonds is 9. The third-order valence-corrected chi connectivity index (χ3v) is 4.55. The van der Waals surface area contributed by atoms with E-state index in [-0.39, 0.29) is 17.5 Å². The third-order valence-electron chi connectivity index (χ3n) is 4.55. The zero-order valence-electron chi connectivity index (χ0n) is 17.3. The van der Waals surface area contributed by atoms with Crippen LogP contribution in [0.15, 0.2) is 26.9 Å². The average molecular weight is 380 g/mol. The van der Waals surface area contributed by atoms with Crippen molar-refractivity contribution in [2.24, 2.45) is 0 Å². The highest BCUT2D eigenvalue weighted by Crippen LogP contribution is 2.24. The third kappa shape index (κ3) is 6.65. The molecule has 6 nitrogen and oxygen atoms in total. The number of hydrogen-bond acceptors (Lipinski definition) is 6. The Morgan fingerprint density at radius 3 is 2.44 bits per heavy atom. The molecule has 27 heavy (non-hydrogen) atoms. The van der Waals surface area contributed by atoms with Gasteiger partial charge in [0.1, 0.15) is 5.76 Å². The van der Waals surface area contributed by atoms with Crippen LogP contribution in [0.5, 0.6) is 5.95 Å². The Bertz CT molecular complexity index is 740. The molecule has 3 unspecified atom stereocenters. The highest BCUT2D eigenvalue weighted by atomic mass is 16.6. The molecule has 0 aliphatic carbocycles. The molecule has 0 aromatic carbocycles. The fraction of sp³-hybridized carbons (Fsp3) is 0.571. The molecule has 1 aromatic rings. The Balaban J connectivity index is 2.94. The van der Waals surface area contributed by atoms with Gasteiger partial charge in [-0.25, -0.2) is 0 Å². The van der Waals surface area contributed by atoms with Crippen LogP contribution in [-0.2, 0) is 4.74 Å². The molecule has 0 aliphatic rings. The van der Waals surface area contributed by atoms with Gasteiger partial charge in [-0.3, -0.25) is 4.79 Å². The summed E-state index contributed by atoms with van der Waals surface area (Å²) in [6.07, 6.45) is 5.19. The van der Waals surface area contributed by atoms with Gasteiger partial charge < -0.3 is 24.1 Å². The predicted octanol–water partition coefficient (Wildman–Crippen LogP) is 3.15. The van der Waals surface area contributed by atoms with Gasteiger partial charge in [0, 0.05) is 12.7 Å². The molecular weight excluding hydrogens is 348 g/mol. The van der Waals surface area contributed by atoms with Crippen LogP contribution in [0.3, 0.4) is 0 Å². The summed E-state index contributed by atoms with van der Waals surface area (Å²) in [7, 11) is 3.05. The monoisotopic (exact) mass is 380 g/mol. The van der Waals surface area contributed by atoms with E-state index in [0.717, 1.165) is 5.57 Å². The van der Waals surface area contributed by atoms with Gasteiger partial charge in [0.25, 0.3) is 5.95 Å². The number of hydrogen-bond donors (Lipinski definition) is 2. The summed E-state index contributed by atoms with van der Waals surface area (Å²) >= 11 is 0. The molecule has 0 spiro atoms. The Morgan fingerprint density at radius 1 is 1.30 bits per heavy atom. The second-order valence-corrected chi connectivity index (χ2v) is 7.14. The van der Waals surface area contributed by atoms with Crippen molar-refractivity contribution < 1.29 is 24.1 Å². The van der Waals surface area contributed by atoms with Gasteiger partial charge in [-0.2, -0.15) is 0 Å². The largest absolute Gasteiger partial charge is 0.468 e. The molecule has 0 saturated carbocycles. The second kappa shape index (κ2) is 9.88. The number of ether oxygens (including phenoxy) is 2. The minimum atomic E-state index is -1.12. The van der Waals surface area contributed by atoms with E-state index in [9.17, 15) is 15.0 Å². The predicted molar refractivity (Wildman–Crippen MR) is 106 cm³/mol. The molecule has 152 valence electrons. The normalized spacial score (nSPS) is 17.0. The van der Waals surface area contributed by atoms with Crippen LogP contribution in [0, 0.1) is 13.8 Å². The molecule has 0 amide bonds. The summed E-state index contributed by atoms with van der Waals surface area (Å²) < 4.78 is 16.2. The van der Waals surface area contributed by atoms with Gasteiger partial charge in [0.2, 0.25) is 0 Å². The van der Waals surface area contributed by atoms with Crippen molar-refractivity contribution in [3.8, 4) is 5.95 Å². The lowest BCUT2D eigenvalue weighted by Gasteiger charge is -2.23. The number of aliphatic hydroxyl groups excluding tert-OH is 1. The molecular formula is C21H32O6.